The molecule has 0 rings (SSSR count). The molecule has 0 aliphatic rings. The zero-order valence-corrected chi connectivity index (χ0v) is 5.83. The van der Waals surface area contributed by atoms with Crippen molar-refractivity contribution in [1.82, 2.24) is 0 Å². The van der Waals surface area contributed by atoms with Crippen LogP contribution in [0.2, 0.25) is 0 Å². The van der Waals surface area contributed by atoms with Crippen LogP contribution in [0.5, 0.6) is 0 Å². The average Bonchev–Trinajstić information content (AvgIpc) is 1.87. The Balaban J connectivity index is 2.90. The molecule has 0 heterocycles. The summed E-state index contributed by atoms with van der Waals surface area (Å²) in [7, 11) is 0. The highest BCUT2D eigenvalue weighted by molar-refractivity contribution is 5.65. The molecule has 0 unspecified atom stereocenters. The maximum Gasteiger partial charge on any atom is 0.302 e. The molecule has 0 saturated carbocycles. The van der Waals surface area contributed by atoms with Crippen LogP contribution < -0.4 is 0 Å². The van der Waals surface area contributed by atoms with E-state index in [1.54, 1.807) is 0 Å². The van der Waals surface area contributed by atoms with Crippen LogP contribution in [0.3, 0.4) is 0 Å². The fourth-order valence-corrected chi connectivity index (χ4v) is 0.376. The molecule has 4 heteroatoms. The van der Waals surface area contributed by atoms with Crippen molar-refractivity contribution in [3.05, 3.63) is 0 Å². The second-order valence-electron chi connectivity index (χ2n) is 1.58. The SMILES string of the molecule is CC(=O)OCCOCC=O. The van der Waals surface area contributed by atoms with E-state index < -0.39 is 0 Å². The van der Waals surface area contributed by atoms with Crippen LogP contribution >= 0.6 is 0 Å². The first-order valence-electron chi connectivity index (χ1n) is 2.92. The van der Waals surface area contributed by atoms with Gasteiger partial charge in [0.25, 0.3) is 0 Å². The van der Waals surface area contributed by atoms with Crippen molar-refractivity contribution >= 4 is 12.3 Å². The predicted molar refractivity (Wildman–Crippen MR) is 33.5 cm³/mol. The van der Waals surface area contributed by atoms with Gasteiger partial charge in [0.2, 0.25) is 0 Å². The van der Waals surface area contributed by atoms with Crippen molar-refractivity contribution in [2.45, 2.75) is 6.92 Å². The first kappa shape index (κ1) is 9.10. The molecule has 0 N–H and O–H groups in total. The number of carbonyl (C=O) groups is 2. The number of carbonyl (C=O) groups excluding carboxylic acids is 2. The van der Waals surface area contributed by atoms with E-state index >= 15 is 0 Å². The van der Waals surface area contributed by atoms with Crippen LogP contribution in [-0.2, 0) is 19.1 Å². The Kier molecular flexibility index (Phi) is 5.66. The predicted octanol–water partition coefficient (Wildman–Crippen LogP) is -0.235. The summed E-state index contributed by atoms with van der Waals surface area (Å²) in [5.74, 6) is -0.338. The van der Waals surface area contributed by atoms with Gasteiger partial charge in [0.15, 0.2) is 0 Å². The second kappa shape index (κ2) is 6.22. The Hall–Kier alpha value is -0.900. The van der Waals surface area contributed by atoms with Crippen LogP contribution in [0.4, 0.5) is 0 Å². The zero-order chi connectivity index (χ0) is 7.82. The third-order valence-corrected chi connectivity index (χ3v) is 0.719. The molecule has 0 saturated heterocycles. The Morgan fingerprint density at radius 3 is 2.70 bits per heavy atom. The van der Waals surface area contributed by atoms with E-state index in [-0.39, 0.29) is 25.8 Å². The molecule has 0 radical (unpaired) electrons. The van der Waals surface area contributed by atoms with E-state index in [4.69, 9.17) is 0 Å². The topological polar surface area (TPSA) is 52.6 Å². The van der Waals surface area contributed by atoms with Gasteiger partial charge in [0.1, 0.15) is 19.5 Å². The zero-order valence-electron chi connectivity index (χ0n) is 5.83. The molecular formula is C6H10O4. The van der Waals surface area contributed by atoms with Crippen molar-refractivity contribution in [2.75, 3.05) is 19.8 Å². The van der Waals surface area contributed by atoms with Gasteiger partial charge >= 0.3 is 5.97 Å². The number of hydrogen-bond donors (Lipinski definition) is 0. The summed E-state index contributed by atoms with van der Waals surface area (Å²) in [6.07, 6.45) is 0.647. The van der Waals surface area contributed by atoms with Crippen molar-refractivity contribution in [3.63, 3.8) is 0 Å². The lowest BCUT2D eigenvalue weighted by molar-refractivity contribution is -0.142. The fraction of sp³-hybridized carbons (Fsp3) is 0.667. The summed E-state index contributed by atoms with van der Waals surface area (Å²) >= 11 is 0. The Bertz CT molecular complexity index is 110. The molecule has 0 aromatic heterocycles. The Morgan fingerprint density at radius 2 is 2.20 bits per heavy atom. The summed E-state index contributed by atoms with van der Waals surface area (Å²) in [4.78, 5) is 19.8. The van der Waals surface area contributed by atoms with E-state index in [1.165, 1.54) is 6.92 Å². The molecule has 0 aromatic carbocycles. The highest BCUT2D eigenvalue weighted by Gasteiger charge is 1.90. The lowest BCUT2D eigenvalue weighted by Gasteiger charge is -1.99. The van der Waals surface area contributed by atoms with Crippen molar-refractivity contribution in [1.29, 1.82) is 0 Å². The van der Waals surface area contributed by atoms with Crippen LogP contribution in [0, 0.1) is 0 Å². The summed E-state index contributed by atoms with van der Waals surface area (Å²) in [6.45, 7) is 1.86. The van der Waals surface area contributed by atoms with Crippen LogP contribution in [-0.4, -0.2) is 32.1 Å². The third kappa shape index (κ3) is 7.10. The third-order valence-electron chi connectivity index (χ3n) is 0.719. The minimum atomic E-state index is -0.338. The average molecular weight is 146 g/mol. The monoisotopic (exact) mass is 146 g/mol. The lowest BCUT2D eigenvalue weighted by Crippen LogP contribution is -2.08. The van der Waals surface area contributed by atoms with Gasteiger partial charge in [-0.1, -0.05) is 0 Å². The summed E-state index contributed by atoms with van der Waals surface area (Å²) in [5.41, 5.74) is 0. The lowest BCUT2D eigenvalue weighted by atomic mass is 10.7. The molecule has 0 spiro atoms. The Morgan fingerprint density at radius 1 is 1.50 bits per heavy atom. The first-order chi connectivity index (χ1) is 4.77. The quantitative estimate of drug-likeness (QED) is 0.305. The van der Waals surface area contributed by atoms with Gasteiger partial charge in [-0.2, -0.15) is 0 Å². The van der Waals surface area contributed by atoms with E-state index in [2.05, 4.69) is 9.47 Å². The fourth-order valence-electron chi connectivity index (χ4n) is 0.376. The highest BCUT2D eigenvalue weighted by atomic mass is 16.6. The maximum absolute atomic E-state index is 10.1. The van der Waals surface area contributed by atoms with Crippen LogP contribution in [0.25, 0.3) is 0 Å². The van der Waals surface area contributed by atoms with Gasteiger partial charge in [-0.15, -0.1) is 0 Å². The van der Waals surface area contributed by atoms with E-state index in [0.29, 0.717) is 6.29 Å². The molecule has 0 aliphatic carbocycles. The molecule has 0 aromatic rings. The number of esters is 1. The van der Waals surface area contributed by atoms with E-state index in [1.807, 2.05) is 0 Å². The first-order valence-corrected chi connectivity index (χ1v) is 2.92. The smallest absolute Gasteiger partial charge is 0.302 e. The molecule has 0 amide bonds. The molecular weight excluding hydrogens is 136 g/mol. The number of rotatable bonds is 5. The number of hydrogen-bond acceptors (Lipinski definition) is 4. The van der Waals surface area contributed by atoms with Crippen LogP contribution in [0.15, 0.2) is 0 Å². The normalized spacial score (nSPS) is 8.90. The van der Waals surface area contributed by atoms with Crippen molar-refractivity contribution in [3.8, 4) is 0 Å². The van der Waals surface area contributed by atoms with E-state index in [9.17, 15) is 9.59 Å². The number of aldehydes is 1. The van der Waals surface area contributed by atoms with Gasteiger partial charge < -0.3 is 14.3 Å². The molecule has 58 valence electrons. The van der Waals surface area contributed by atoms with Crippen molar-refractivity contribution in [2.24, 2.45) is 0 Å². The maximum atomic E-state index is 10.1. The van der Waals surface area contributed by atoms with Gasteiger partial charge in [-0.25, -0.2) is 0 Å². The molecule has 0 fully saturated rings. The van der Waals surface area contributed by atoms with Crippen molar-refractivity contribution < 1.29 is 19.1 Å². The minimum absolute atomic E-state index is 0.0568. The standard InChI is InChI=1S/C6H10O4/c1-6(8)10-5-4-9-3-2-7/h2H,3-5H2,1H3. The van der Waals surface area contributed by atoms with Gasteiger partial charge in [-0.3, -0.25) is 4.79 Å². The van der Waals surface area contributed by atoms with Crippen LogP contribution in [0.1, 0.15) is 6.92 Å². The van der Waals surface area contributed by atoms with Gasteiger partial charge in [0.05, 0.1) is 6.61 Å². The Labute approximate surface area is 59.1 Å². The molecule has 0 bridgehead atoms. The van der Waals surface area contributed by atoms with Gasteiger partial charge in [-0.05, 0) is 0 Å². The number of ether oxygens (including phenoxy) is 2. The molecule has 4 nitrogen and oxygen atoms in total. The molecule has 0 aliphatic heterocycles. The second-order valence-corrected chi connectivity index (χ2v) is 1.58. The minimum Gasteiger partial charge on any atom is -0.463 e. The summed E-state index contributed by atoms with van der Waals surface area (Å²) in [6, 6.07) is 0. The van der Waals surface area contributed by atoms with Gasteiger partial charge in [0, 0.05) is 6.92 Å². The van der Waals surface area contributed by atoms with E-state index in [0.717, 1.165) is 0 Å². The highest BCUT2D eigenvalue weighted by Crippen LogP contribution is 1.77. The largest absolute Gasteiger partial charge is 0.463 e. The summed E-state index contributed by atoms with van der Waals surface area (Å²) in [5, 5.41) is 0. The molecule has 0 atom stereocenters. The summed E-state index contributed by atoms with van der Waals surface area (Å²) < 4.78 is 9.20. The molecule has 10 heavy (non-hydrogen) atoms.